The van der Waals surface area contributed by atoms with Crippen molar-refractivity contribution in [3.63, 3.8) is 0 Å². The molecule has 8 heteroatoms. The highest BCUT2D eigenvalue weighted by molar-refractivity contribution is 9.10. The molecule has 0 heterocycles. The molecule has 0 saturated heterocycles. The van der Waals surface area contributed by atoms with Gasteiger partial charge in [-0.2, -0.15) is 0 Å². The van der Waals surface area contributed by atoms with Gasteiger partial charge in [-0.15, -0.1) is 0 Å². The average Bonchev–Trinajstić information content (AvgIpc) is 2.58. The highest BCUT2D eigenvalue weighted by Crippen LogP contribution is 2.25. The summed E-state index contributed by atoms with van der Waals surface area (Å²) in [5.74, 6) is -1.32. The van der Waals surface area contributed by atoms with Gasteiger partial charge in [0.25, 0.3) is 5.91 Å². The first-order valence-electron chi connectivity index (χ1n) is 7.19. The molecule has 132 valence electrons. The predicted molar refractivity (Wildman–Crippen MR) is 93.9 cm³/mol. The molecule has 0 radical (unpaired) electrons. The molecule has 2 rings (SSSR count). The highest BCUT2D eigenvalue weighted by atomic mass is 79.9. The summed E-state index contributed by atoms with van der Waals surface area (Å²) in [7, 11) is 0. The summed E-state index contributed by atoms with van der Waals surface area (Å²) >= 11 is 9.09. The highest BCUT2D eigenvalue weighted by Gasteiger charge is 2.10. The van der Waals surface area contributed by atoms with Crippen LogP contribution in [0.4, 0.5) is 4.39 Å². The zero-order valence-corrected chi connectivity index (χ0v) is 15.3. The second-order valence-electron chi connectivity index (χ2n) is 4.89. The smallest absolute Gasteiger partial charge is 0.344 e. The molecule has 2 aromatic rings. The fourth-order valence-corrected chi connectivity index (χ4v) is 2.47. The van der Waals surface area contributed by atoms with Crippen molar-refractivity contribution < 1.29 is 23.5 Å². The van der Waals surface area contributed by atoms with Crippen molar-refractivity contribution >= 4 is 39.4 Å². The molecule has 0 fully saturated rings. The summed E-state index contributed by atoms with van der Waals surface area (Å²) in [5.41, 5.74) is 0.758. The third-order valence-corrected chi connectivity index (χ3v) is 4.03. The Balaban J connectivity index is 1.70. The fraction of sp³-hybridized carbons (Fsp3) is 0.176. The Labute approximate surface area is 157 Å². The maximum Gasteiger partial charge on any atom is 0.344 e. The number of halogens is 3. The second-order valence-corrected chi connectivity index (χ2v) is 6.15. The van der Waals surface area contributed by atoms with E-state index in [0.29, 0.717) is 15.2 Å². The molecule has 0 aliphatic heterocycles. The number of carbonyl (C=O) groups is 2. The zero-order chi connectivity index (χ0) is 18.2. The maximum absolute atomic E-state index is 12.9. The second kappa shape index (κ2) is 9.39. The van der Waals surface area contributed by atoms with Crippen molar-refractivity contribution in [1.82, 2.24) is 5.32 Å². The first-order valence-corrected chi connectivity index (χ1v) is 8.36. The zero-order valence-electron chi connectivity index (χ0n) is 12.9. The van der Waals surface area contributed by atoms with Gasteiger partial charge in [0.05, 0.1) is 4.47 Å². The van der Waals surface area contributed by atoms with Crippen LogP contribution >= 0.6 is 27.5 Å². The van der Waals surface area contributed by atoms with Gasteiger partial charge in [0.15, 0.2) is 13.2 Å². The number of hydrogen-bond acceptors (Lipinski definition) is 4. The Morgan fingerprint density at radius 3 is 2.64 bits per heavy atom. The topological polar surface area (TPSA) is 64.6 Å². The van der Waals surface area contributed by atoms with Crippen molar-refractivity contribution in [3.05, 3.63) is 63.3 Å². The fourth-order valence-electron chi connectivity index (χ4n) is 1.80. The number of amides is 1. The van der Waals surface area contributed by atoms with E-state index < -0.39 is 30.9 Å². The summed E-state index contributed by atoms with van der Waals surface area (Å²) < 4.78 is 23.3. The van der Waals surface area contributed by atoms with E-state index >= 15 is 0 Å². The summed E-state index contributed by atoms with van der Waals surface area (Å²) in [6.07, 6.45) is 0. The molecule has 1 amide bonds. The lowest BCUT2D eigenvalue weighted by atomic mass is 10.2. The van der Waals surface area contributed by atoms with E-state index in [2.05, 4.69) is 21.2 Å². The summed E-state index contributed by atoms with van der Waals surface area (Å²) in [6.45, 7) is -0.603. The molecule has 25 heavy (non-hydrogen) atoms. The lowest BCUT2D eigenvalue weighted by Crippen LogP contribution is -2.29. The molecule has 5 nitrogen and oxygen atoms in total. The Hall–Kier alpha value is -2.12. The summed E-state index contributed by atoms with van der Waals surface area (Å²) in [4.78, 5) is 23.3. The van der Waals surface area contributed by atoms with Gasteiger partial charge in [0.2, 0.25) is 0 Å². The molecule has 0 aliphatic rings. The van der Waals surface area contributed by atoms with E-state index in [-0.39, 0.29) is 6.54 Å². The van der Waals surface area contributed by atoms with E-state index in [0.717, 1.165) is 5.56 Å². The Bertz CT molecular complexity index is 772. The standard InChI is InChI=1S/C17H14BrClFNO4/c18-13-7-12(20)5-6-15(13)24-10-17(23)25-9-16(22)21-8-11-3-1-2-4-14(11)19/h1-7H,8-10H2,(H,21,22). The number of rotatable bonds is 7. The van der Waals surface area contributed by atoms with Crippen LogP contribution in [-0.2, 0) is 20.9 Å². The molecule has 0 atom stereocenters. The van der Waals surface area contributed by atoms with Gasteiger partial charge in [0.1, 0.15) is 11.6 Å². The van der Waals surface area contributed by atoms with Crippen LogP contribution in [0.15, 0.2) is 46.9 Å². The Kier molecular flexibility index (Phi) is 7.21. The van der Waals surface area contributed by atoms with Crippen LogP contribution in [0, 0.1) is 5.82 Å². The van der Waals surface area contributed by atoms with Gasteiger partial charge in [-0.1, -0.05) is 29.8 Å². The quantitative estimate of drug-likeness (QED) is 0.683. The van der Waals surface area contributed by atoms with E-state index in [1.54, 1.807) is 24.3 Å². The maximum atomic E-state index is 12.9. The van der Waals surface area contributed by atoms with E-state index in [1.807, 2.05) is 0 Å². The van der Waals surface area contributed by atoms with Gasteiger partial charge in [-0.25, -0.2) is 9.18 Å². The van der Waals surface area contributed by atoms with E-state index in [4.69, 9.17) is 21.1 Å². The van der Waals surface area contributed by atoms with Crippen molar-refractivity contribution in [2.45, 2.75) is 6.54 Å². The third kappa shape index (κ3) is 6.36. The van der Waals surface area contributed by atoms with Gasteiger partial charge < -0.3 is 14.8 Å². The van der Waals surface area contributed by atoms with Gasteiger partial charge in [0, 0.05) is 11.6 Å². The van der Waals surface area contributed by atoms with Gasteiger partial charge >= 0.3 is 5.97 Å². The monoisotopic (exact) mass is 429 g/mol. The first-order chi connectivity index (χ1) is 12.0. The molecule has 0 spiro atoms. The largest absolute Gasteiger partial charge is 0.481 e. The minimum Gasteiger partial charge on any atom is -0.481 e. The summed E-state index contributed by atoms with van der Waals surface area (Å²) in [5, 5.41) is 3.13. The molecule has 0 aliphatic carbocycles. The van der Waals surface area contributed by atoms with E-state index in [9.17, 15) is 14.0 Å². The van der Waals surface area contributed by atoms with Crippen LogP contribution in [0.2, 0.25) is 5.02 Å². The van der Waals surface area contributed by atoms with Crippen LogP contribution in [0.1, 0.15) is 5.56 Å². The molecular weight excluding hydrogens is 417 g/mol. The average molecular weight is 431 g/mol. The number of carbonyl (C=O) groups excluding carboxylic acids is 2. The minimum atomic E-state index is -0.718. The van der Waals surface area contributed by atoms with Gasteiger partial charge in [-0.3, -0.25) is 4.79 Å². The first kappa shape index (κ1) is 19.2. The lowest BCUT2D eigenvalue weighted by molar-refractivity contribution is -0.150. The third-order valence-electron chi connectivity index (χ3n) is 3.04. The van der Waals surface area contributed by atoms with Crippen molar-refractivity contribution in [1.29, 1.82) is 0 Å². The number of nitrogens with one attached hydrogen (secondary N) is 1. The van der Waals surface area contributed by atoms with Crippen molar-refractivity contribution in [3.8, 4) is 5.75 Å². The van der Waals surface area contributed by atoms with E-state index in [1.165, 1.54) is 18.2 Å². The molecule has 0 aromatic heterocycles. The molecule has 0 saturated carbocycles. The van der Waals surface area contributed by atoms with Crippen LogP contribution in [0.5, 0.6) is 5.75 Å². The number of ether oxygens (including phenoxy) is 2. The van der Waals surface area contributed by atoms with Crippen LogP contribution in [-0.4, -0.2) is 25.1 Å². The lowest BCUT2D eigenvalue weighted by Gasteiger charge is -2.09. The van der Waals surface area contributed by atoms with Gasteiger partial charge in [-0.05, 0) is 45.8 Å². The molecule has 0 bridgehead atoms. The van der Waals surface area contributed by atoms with Crippen molar-refractivity contribution in [2.24, 2.45) is 0 Å². The SMILES string of the molecule is O=C(COC(=O)COc1ccc(F)cc1Br)NCc1ccccc1Cl. The normalized spacial score (nSPS) is 10.2. The molecular formula is C17H14BrClFNO4. The molecule has 0 unspecified atom stereocenters. The van der Waals surface area contributed by atoms with Crippen molar-refractivity contribution in [2.75, 3.05) is 13.2 Å². The predicted octanol–water partition coefficient (Wildman–Crippen LogP) is 3.48. The number of esters is 1. The Morgan fingerprint density at radius 1 is 1.16 bits per heavy atom. The molecule has 1 N–H and O–H groups in total. The molecule has 2 aromatic carbocycles. The van der Waals surface area contributed by atoms with Crippen LogP contribution < -0.4 is 10.1 Å². The Morgan fingerprint density at radius 2 is 1.92 bits per heavy atom. The van der Waals surface area contributed by atoms with Crippen LogP contribution in [0.25, 0.3) is 0 Å². The van der Waals surface area contributed by atoms with Crippen LogP contribution in [0.3, 0.4) is 0 Å². The number of hydrogen-bond donors (Lipinski definition) is 1. The number of benzene rings is 2. The summed E-state index contributed by atoms with van der Waals surface area (Å²) in [6, 6.07) is 10.9. The minimum absolute atomic E-state index is 0.231.